The van der Waals surface area contributed by atoms with Crippen molar-refractivity contribution in [3.8, 4) is 5.88 Å². The molecule has 26 heavy (non-hydrogen) atoms. The SMILES string of the molecule is Cc1ccc(OC2CCN(C(=O)CSc3nc4ccccc4s3)C2)nn1. The highest BCUT2D eigenvalue weighted by Gasteiger charge is 2.28. The fraction of sp³-hybridized carbons (Fsp3) is 0.333. The topological polar surface area (TPSA) is 68.2 Å². The Labute approximate surface area is 159 Å². The molecular formula is C18H18N4O2S2. The Kier molecular flexibility index (Phi) is 5.03. The van der Waals surface area contributed by atoms with Gasteiger partial charge in [0.1, 0.15) is 6.10 Å². The van der Waals surface area contributed by atoms with E-state index in [-0.39, 0.29) is 12.0 Å². The van der Waals surface area contributed by atoms with Gasteiger partial charge in [-0.15, -0.1) is 16.4 Å². The predicted molar refractivity (Wildman–Crippen MR) is 103 cm³/mol. The number of rotatable bonds is 5. The third-order valence-electron chi connectivity index (χ3n) is 4.15. The molecular weight excluding hydrogens is 368 g/mol. The monoisotopic (exact) mass is 386 g/mol. The van der Waals surface area contributed by atoms with E-state index in [1.807, 2.05) is 42.2 Å². The molecule has 2 aromatic heterocycles. The van der Waals surface area contributed by atoms with Crippen LogP contribution in [0.3, 0.4) is 0 Å². The van der Waals surface area contributed by atoms with Crippen LogP contribution in [0.2, 0.25) is 0 Å². The lowest BCUT2D eigenvalue weighted by molar-refractivity contribution is -0.127. The number of hydrogen-bond acceptors (Lipinski definition) is 7. The molecule has 6 nitrogen and oxygen atoms in total. The number of hydrogen-bond donors (Lipinski definition) is 0. The fourth-order valence-electron chi connectivity index (χ4n) is 2.80. The molecule has 134 valence electrons. The lowest BCUT2D eigenvalue weighted by Gasteiger charge is -2.16. The molecule has 0 radical (unpaired) electrons. The van der Waals surface area contributed by atoms with Crippen molar-refractivity contribution in [1.29, 1.82) is 0 Å². The van der Waals surface area contributed by atoms with Crippen molar-refractivity contribution in [2.24, 2.45) is 0 Å². The minimum Gasteiger partial charge on any atom is -0.471 e. The van der Waals surface area contributed by atoms with E-state index in [9.17, 15) is 4.79 Å². The molecule has 3 heterocycles. The smallest absolute Gasteiger partial charge is 0.233 e. The molecule has 0 saturated carbocycles. The quantitative estimate of drug-likeness (QED) is 0.628. The maximum atomic E-state index is 12.5. The van der Waals surface area contributed by atoms with Crippen molar-refractivity contribution in [1.82, 2.24) is 20.1 Å². The molecule has 1 aliphatic heterocycles. The summed E-state index contributed by atoms with van der Waals surface area (Å²) < 4.78 is 7.91. The van der Waals surface area contributed by atoms with Crippen LogP contribution in [0.25, 0.3) is 10.2 Å². The number of thiazole rings is 1. The van der Waals surface area contributed by atoms with Crippen molar-refractivity contribution in [3.63, 3.8) is 0 Å². The van der Waals surface area contributed by atoms with Gasteiger partial charge in [-0.1, -0.05) is 23.9 Å². The van der Waals surface area contributed by atoms with Crippen molar-refractivity contribution >= 4 is 39.2 Å². The van der Waals surface area contributed by atoms with Crippen LogP contribution in [0.5, 0.6) is 5.88 Å². The summed E-state index contributed by atoms with van der Waals surface area (Å²) in [5, 5.41) is 8.01. The standard InChI is InChI=1S/C18H18N4O2S2/c1-12-6-7-16(21-20-12)24-13-8-9-22(10-13)17(23)11-25-18-19-14-4-2-3-5-15(14)26-18/h2-7,13H,8-11H2,1H3. The fourth-order valence-corrected chi connectivity index (χ4v) is 4.77. The van der Waals surface area contributed by atoms with Gasteiger partial charge in [0.05, 0.1) is 28.2 Å². The normalized spacial score (nSPS) is 17.0. The molecule has 1 aromatic carbocycles. The molecule has 1 aliphatic rings. The number of amides is 1. The van der Waals surface area contributed by atoms with Gasteiger partial charge in [-0.2, -0.15) is 5.10 Å². The predicted octanol–water partition coefficient (Wildman–Crippen LogP) is 3.17. The van der Waals surface area contributed by atoms with E-state index in [1.165, 1.54) is 11.8 Å². The Morgan fingerprint density at radius 3 is 3.00 bits per heavy atom. The molecule has 0 aliphatic carbocycles. The summed E-state index contributed by atoms with van der Waals surface area (Å²) in [4.78, 5) is 18.9. The van der Waals surface area contributed by atoms with Crippen LogP contribution in [0.4, 0.5) is 0 Å². The lowest BCUT2D eigenvalue weighted by Crippen LogP contribution is -2.32. The Morgan fingerprint density at radius 2 is 2.19 bits per heavy atom. The first kappa shape index (κ1) is 17.2. The van der Waals surface area contributed by atoms with E-state index < -0.39 is 0 Å². The molecule has 3 aromatic rings. The Morgan fingerprint density at radius 1 is 1.31 bits per heavy atom. The second-order valence-corrected chi connectivity index (χ2v) is 8.37. The van der Waals surface area contributed by atoms with Crippen molar-refractivity contribution < 1.29 is 9.53 Å². The molecule has 0 N–H and O–H groups in total. The van der Waals surface area contributed by atoms with E-state index in [0.29, 0.717) is 24.7 Å². The van der Waals surface area contributed by atoms with Crippen LogP contribution in [-0.2, 0) is 4.79 Å². The average molecular weight is 387 g/mol. The number of carbonyl (C=O) groups is 1. The number of ether oxygens (including phenoxy) is 1. The second-order valence-electron chi connectivity index (χ2n) is 6.12. The number of benzene rings is 1. The summed E-state index contributed by atoms with van der Waals surface area (Å²) in [6.07, 6.45) is 0.788. The number of aromatic nitrogens is 3. The first-order chi connectivity index (χ1) is 12.7. The zero-order valence-corrected chi connectivity index (χ0v) is 15.9. The number of thioether (sulfide) groups is 1. The zero-order valence-electron chi connectivity index (χ0n) is 14.3. The Balaban J connectivity index is 1.29. The first-order valence-electron chi connectivity index (χ1n) is 8.40. The van der Waals surface area contributed by atoms with Gasteiger partial charge in [0.15, 0.2) is 4.34 Å². The molecule has 1 saturated heterocycles. The van der Waals surface area contributed by atoms with Gasteiger partial charge in [-0.05, 0) is 25.1 Å². The van der Waals surface area contributed by atoms with Crippen LogP contribution in [-0.4, -0.2) is 50.9 Å². The van der Waals surface area contributed by atoms with Gasteiger partial charge in [0, 0.05) is 19.0 Å². The molecule has 0 bridgehead atoms. The molecule has 4 rings (SSSR count). The number of para-hydroxylation sites is 1. The highest BCUT2D eigenvalue weighted by Crippen LogP contribution is 2.29. The highest BCUT2D eigenvalue weighted by atomic mass is 32.2. The molecule has 8 heteroatoms. The minimum absolute atomic E-state index is 0.0246. The third-order valence-corrected chi connectivity index (χ3v) is 6.32. The summed E-state index contributed by atoms with van der Waals surface area (Å²) >= 11 is 3.13. The van der Waals surface area contributed by atoms with E-state index in [2.05, 4.69) is 21.2 Å². The van der Waals surface area contributed by atoms with Gasteiger partial charge >= 0.3 is 0 Å². The van der Waals surface area contributed by atoms with Crippen LogP contribution in [0.1, 0.15) is 12.1 Å². The third kappa shape index (κ3) is 3.96. The number of carbonyl (C=O) groups excluding carboxylic acids is 1. The van der Waals surface area contributed by atoms with Crippen molar-refractivity contribution in [2.45, 2.75) is 23.8 Å². The van der Waals surface area contributed by atoms with E-state index in [0.717, 1.165) is 26.7 Å². The summed E-state index contributed by atoms with van der Waals surface area (Å²) in [7, 11) is 0. The molecule has 1 atom stereocenters. The van der Waals surface area contributed by atoms with Crippen LogP contribution in [0.15, 0.2) is 40.7 Å². The molecule has 1 fully saturated rings. The highest BCUT2D eigenvalue weighted by molar-refractivity contribution is 8.01. The summed E-state index contributed by atoms with van der Waals surface area (Å²) in [5.41, 5.74) is 1.84. The lowest BCUT2D eigenvalue weighted by atomic mass is 10.3. The Hall–Kier alpha value is -2.19. The van der Waals surface area contributed by atoms with Gasteiger partial charge in [-0.25, -0.2) is 4.98 Å². The average Bonchev–Trinajstić information content (AvgIpc) is 3.28. The summed E-state index contributed by atoms with van der Waals surface area (Å²) in [5.74, 6) is 1.03. The molecule has 1 amide bonds. The van der Waals surface area contributed by atoms with Crippen LogP contribution >= 0.6 is 23.1 Å². The zero-order chi connectivity index (χ0) is 17.9. The summed E-state index contributed by atoms with van der Waals surface area (Å²) in [6.45, 7) is 3.19. The maximum absolute atomic E-state index is 12.5. The largest absolute Gasteiger partial charge is 0.471 e. The van der Waals surface area contributed by atoms with Crippen molar-refractivity contribution in [2.75, 3.05) is 18.8 Å². The van der Waals surface area contributed by atoms with E-state index in [4.69, 9.17) is 4.74 Å². The van der Waals surface area contributed by atoms with E-state index >= 15 is 0 Å². The molecule has 0 spiro atoms. The minimum atomic E-state index is -0.0246. The van der Waals surface area contributed by atoms with Gasteiger partial charge in [0.2, 0.25) is 11.8 Å². The number of nitrogens with zero attached hydrogens (tertiary/aromatic N) is 4. The number of fused-ring (bicyclic) bond motifs is 1. The maximum Gasteiger partial charge on any atom is 0.233 e. The summed E-state index contributed by atoms with van der Waals surface area (Å²) in [6, 6.07) is 11.7. The van der Waals surface area contributed by atoms with Gasteiger partial charge < -0.3 is 9.64 Å². The Bertz CT molecular complexity index is 880. The molecule has 1 unspecified atom stereocenters. The van der Waals surface area contributed by atoms with Crippen LogP contribution < -0.4 is 4.74 Å². The van der Waals surface area contributed by atoms with Gasteiger partial charge in [0.25, 0.3) is 0 Å². The number of likely N-dealkylation sites (tertiary alicyclic amines) is 1. The first-order valence-corrected chi connectivity index (χ1v) is 10.2. The van der Waals surface area contributed by atoms with Gasteiger partial charge in [-0.3, -0.25) is 4.79 Å². The van der Waals surface area contributed by atoms with E-state index in [1.54, 1.807) is 11.3 Å². The second kappa shape index (κ2) is 7.59. The number of aryl methyl sites for hydroxylation is 1. The van der Waals surface area contributed by atoms with Crippen LogP contribution in [0, 0.1) is 6.92 Å². The van der Waals surface area contributed by atoms with Crippen molar-refractivity contribution in [3.05, 3.63) is 42.1 Å².